The number of hydrogen-bond acceptors (Lipinski definition) is 3. The summed E-state index contributed by atoms with van der Waals surface area (Å²) in [5.74, 6) is 0. The van der Waals surface area contributed by atoms with Crippen LogP contribution in [0.15, 0.2) is 17.6 Å². The molecule has 0 N–H and O–H groups in total. The van der Waals surface area contributed by atoms with Crippen molar-refractivity contribution in [2.45, 2.75) is 33.2 Å². The quantitative estimate of drug-likeness (QED) is 0.741. The van der Waals surface area contributed by atoms with Gasteiger partial charge in [-0.1, -0.05) is 0 Å². The molecule has 80 valence electrons. The summed E-state index contributed by atoms with van der Waals surface area (Å²) in [5.41, 5.74) is 2.05. The minimum Gasteiger partial charge on any atom is -0.267 e. The number of hydrogen-bond donors (Lipinski definition) is 0. The van der Waals surface area contributed by atoms with Gasteiger partial charge in [-0.2, -0.15) is 5.10 Å². The van der Waals surface area contributed by atoms with Crippen molar-refractivity contribution in [3.05, 3.63) is 23.3 Å². The molecule has 0 aliphatic heterocycles. The molecule has 3 nitrogen and oxygen atoms in total. The monoisotopic (exact) mass is 221 g/mol. The molecule has 0 amide bonds. The van der Waals surface area contributed by atoms with Crippen molar-refractivity contribution < 1.29 is 0 Å². The van der Waals surface area contributed by atoms with Gasteiger partial charge >= 0.3 is 0 Å². The number of aryl methyl sites for hydroxylation is 1. The fourth-order valence-corrected chi connectivity index (χ4v) is 2.04. The van der Waals surface area contributed by atoms with E-state index in [4.69, 9.17) is 0 Å². The Bertz CT molecular complexity index is 462. The Labute approximate surface area is 93.8 Å². The van der Waals surface area contributed by atoms with Gasteiger partial charge in [-0.05, 0) is 33.8 Å². The van der Waals surface area contributed by atoms with Crippen LogP contribution in [0.5, 0.6) is 0 Å². The Kier molecular flexibility index (Phi) is 2.38. The van der Waals surface area contributed by atoms with E-state index in [1.165, 1.54) is 0 Å². The Morgan fingerprint density at radius 1 is 1.33 bits per heavy atom. The van der Waals surface area contributed by atoms with E-state index in [1.54, 1.807) is 11.3 Å². The van der Waals surface area contributed by atoms with Crippen LogP contribution in [0.2, 0.25) is 0 Å². The van der Waals surface area contributed by atoms with Gasteiger partial charge < -0.3 is 0 Å². The van der Waals surface area contributed by atoms with Crippen LogP contribution in [-0.4, -0.2) is 14.8 Å². The normalized spacial score (nSPS) is 12.0. The van der Waals surface area contributed by atoms with Crippen LogP contribution in [0.1, 0.15) is 26.5 Å². The minimum atomic E-state index is 0.0323. The van der Waals surface area contributed by atoms with Crippen LogP contribution in [0.4, 0.5) is 0 Å². The van der Waals surface area contributed by atoms with Gasteiger partial charge in [0.2, 0.25) is 0 Å². The molecule has 0 spiro atoms. The highest BCUT2D eigenvalue weighted by Crippen LogP contribution is 2.23. The fraction of sp³-hybridized carbons (Fsp3) is 0.455. The van der Waals surface area contributed by atoms with Crippen molar-refractivity contribution in [3.8, 4) is 10.7 Å². The predicted octanol–water partition coefficient (Wildman–Crippen LogP) is 3.07. The highest BCUT2D eigenvalue weighted by atomic mass is 32.1. The van der Waals surface area contributed by atoms with E-state index in [1.807, 2.05) is 29.2 Å². The Hall–Kier alpha value is -1.16. The molecule has 0 fully saturated rings. The molecule has 0 bridgehead atoms. The second-order valence-electron chi connectivity index (χ2n) is 4.61. The second kappa shape index (κ2) is 3.45. The summed E-state index contributed by atoms with van der Waals surface area (Å²) in [5, 5.41) is 7.57. The first-order valence-corrected chi connectivity index (χ1v) is 5.83. The largest absolute Gasteiger partial charge is 0.267 e. The molecule has 2 heterocycles. The number of rotatable bonds is 1. The van der Waals surface area contributed by atoms with Crippen molar-refractivity contribution in [1.82, 2.24) is 14.8 Å². The molecule has 2 rings (SSSR count). The van der Waals surface area contributed by atoms with Gasteiger partial charge in [0.1, 0.15) is 10.7 Å². The second-order valence-corrected chi connectivity index (χ2v) is 5.47. The summed E-state index contributed by atoms with van der Waals surface area (Å²) in [6.07, 6.45) is 2.01. The molecule has 0 saturated heterocycles. The van der Waals surface area contributed by atoms with Gasteiger partial charge in [0.25, 0.3) is 0 Å². The van der Waals surface area contributed by atoms with Crippen LogP contribution in [-0.2, 0) is 5.54 Å². The zero-order chi connectivity index (χ0) is 11.1. The molecule has 0 unspecified atom stereocenters. The molecule has 2 aromatic rings. The van der Waals surface area contributed by atoms with Crippen LogP contribution < -0.4 is 0 Å². The van der Waals surface area contributed by atoms with Gasteiger partial charge in [0, 0.05) is 17.3 Å². The standard InChI is InChI=1S/C11H15N3S/c1-8-7-15-10(12-8)9-5-6-14(13-9)11(2,3)4/h5-7H,1-4H3. The zero-order valence-electron chi connectivity index (χ0n) is 9.48. The Morgan fingerprint density at radius 3 is 2.53 bits per heavy atom. The smallest absolute Gasteiger partial charge is 0.143 e. The van der Waals surface area contributed by atoms with Crippen molar-refractivity contribution in [2.24, 2.45) is 0 Å². The van der Waals surface area contributed by atoms with E-state index in [-0.39, 0.29) is 5.54 Å². The van der Waals surface area contributed by atoms with Crippen LogP contribution >= 0.6 is 11.3 Å². The average molecular weight is 221 g/mol. The Balaban J connectivity index is 2.36. The topological polar surface area (TPSA) is 30.7 Å². The molecule has 0 saturated carbocycles. The van der Waals surface area contributed by atoms with E-state index < -0.39 is 0 Å². The van der Waals surface area contributed by atoms with Crippen LogP contribution in [0, 0.1) is 6.92 Å². The third kappa shape index (κ3) is 2.09. The SMILES string of the molecule is Cc1csc(-c2ccn(C(C)(C)C)n2)n1. The lowest BCUT2D eigenvalue weighted by molar-refractivity contribution is 0.356. The molecule has 4 heteroatoms. The third-order valence-electron chi connectivity index (χ3n) is 2.11. The van der Waals surface area contributed by atoms with E-state index in [2.05, 4.69) is 30.9 Å². The summed E-state index contributed by atoms with van der Waals surface area (Å²) < 4.78 is 1.97. The van der Waals surface area contributed by atoms with Gasteiger partial charge in [0.05, 0.1) is 5.54 Å². The molecule has 2 aromatic heterocycles. The zero-order valence-corrected chi connectivity index (χ0v) is 10.3. The summed E-state index contributed by atoms with van der Waals surface area (Å²) in [4.78, 5) is 4.42. The molecular formula is C11H15N3S. The lowest BCUT2D eigenvalue weighted by Crippen LogP contribution is -2.22. The summed E-state index contributed by atoms with van der Waals surface area (Å²) in [7, 11) is 0. The lowest BCUT2D eigenvalue weighted by Gasteiger charge is -2.18. The van der Waals surface area contributed by atoms with E-state index in [0.29, 0.717) is 0 Å². The molecular weight excluding hydrogens is 206 g/mol. The Morgan fingerprint density at radius 2 is 2.07 bits per heavy atom. The summed E-state index contributed by atoms with van der Waals surface area (Å²) in [6, 6.07) is 2.02. The van der Waals surface area contributed by atoms with Crippen molar-refractivity contribution in [1.29, 1.82) is 0 Å². The van der Waals surface area contributed by atoms with Gasteiger partial charge in [-0.15, -0.1) is 11.3 Å². The van der Waals surface area contributed by atoms with Gasteiger partial charge in [-0.3, -0.25) is 4.68 Å². The molecule has 0 radical (unpaired) electrons. The van der Waals surface area contributed by atoms with Gasteiger partial charge in [-0.25, -0.2) is 4.98 Å². The maximum Gasteiger partial charge on any atom is 0.143 e. The van der Waals surface area contributed by atoms with Crippen molar-refractivity contribution in [2.75, 3.05) is 0 Å². The average Bonchev–Trinajstić information content (AvgIpc) is 2.69. The fourth-order valence-electron chi connectivity index (χ4n) is 1.28. The minimum absolute atomic E-state index is 0.0323. The van der Waals surface area contributed by atoms with E-state index in [0.717, 1.165) is 16.4 Å². The first kappa shape index (κ1) is 10.4. The van der Waals surface area contributed by atoms with Crippen LogP contribution in [0.3, 0.4) is 0 Å². The lowest BCUT2D eigenvalue weighted by atomic mass is 10.1. The van der Waals surface area contributed by atoms with E-state index in [9.17, 15) is 0 Å². The summed E-state index contributed by atoms with van der Waals surface area (Å²) in [6.45, 7) is 8.41. The highest BCUT2D eigenvalue weighted by molar-refractivity contribution is 7.13. The third-order valence-corrected chi connectivity index (χ3v) is 3.10. The molecule has 0 aliphatic rings. The van der Waals surface area contributed by atoms with Crippen molar-refractivity contribution >= 4 is 11.3 Å². The predicted molar refractivity (Wildman–Crippen MR) is 63.1 cm³/mol. The van der Waals surface area contributed by atoms with Gasteiger partial charge in [0.15, 0.2) is 0 Å². The maximum atomic E-state index is 4.53. The highest BCUT2D eigenvalue weighted by Gasteiger charge is 2.15. The van der Waals surface area contributed by atoms with Crippen LogP contribution in [0.25, 0.3) is 10.7 Å². The molecule has 0 aromatic carbocycles. The number of aromatic nitrogens is 3. The van der Waals surface area contributed by atoms with E-state index >= 15 is 0 Å². The molecule has 0 atom stereocenters. The number of nitrogens with zero attached hydrogens (tertiary/aromatic N) is 3. The first-order valence-electron chi connectivity index (χ1n) is 4.95. The van der Waals surface area contributed by atoms with Crippen molar-refractivity contribution in [3.63, 3.8) is 0 Å². The molecule has 0 aliphatic carbocycles. The first-order chi connectivity index (χ1) is 6.97. The maximum absolute atomic E-state index is 4.53. The summed E-state index contributed by atoms with van der Waals surface area (Å²) >= 11 is 1.64. The number of thiazole rings is 1. The molecule has 15 heavy (non-hydrogen) atoms.